The van der Waals surface area contributed by atoms with Gasteiger partial charge in [-0.2, -0.15) is 0 Å². The predicted molar refractivity (Wildman–Crippen MR) is 137 cm³/mol. The van der Waals surface area contributed by atoms with E-state index >= 15 is 0 Å². The minimum atomic E-state index is -0.488. The highest BCUT2D eigenvalue weighted by Crippen LogP contribution is 2.31. The molecule has 1 amide bonds. The van der Waals surface area contributed by atoms with Crippen LogP contribution in [-0.4, -0.2) is 73.9 Å². The Morgan fingerprint density at radius 3 is 2.74 bits per heavy atom. The van der Waals surface area contributed by atoms with Crippen molar-refractivity contribution in [2.75, 3.05) is 44.3 Å². The van der Waals surface area contributed by atoms with Crippen LogP contribution in [0.4, 0.5) is 5.13 Å². The maximum atomic E-state index is 13.6. The second-order valence-electron chi connectivity index (χ2n) is 8.36. The van der Waals surface area contributed by atoms with Gasteiger partial charge in [-0.3, -0.25) is 28.5 Å². The third-order valence-electron chi connectivity index (χ3n) is 6.14. The number of aryl methyl sites for hydroxylation is 1. The van der Waals surface area contributed by atoms with Crippen LogP contribution in [0.15, 0.2) is 38.6 Å². The summed E-state index contributed by atoms with van der Waals surface area (Å²) in [4.78, 5) is 51.6. The number of amides is 1. The van der Waals surface area contributed by atoms with Crippen LogP contribution in [0.1, 0.15) is 0 Å². The lowest BCUT2D eigenvalue weighted by molar-refractivity contribution is -0.119. The molecule has 0 radical (unpaired) electrons. The van der Waals surface area contributed by atoms with E-state index in [4.69, 9.17) is 9.72 Å². The molecule has 1 aliphatic rings. The lowest BCUT2D eigenvalue weighted by atomic mass is 10.3. The Hall–Kier alpha value is -2.87. The van der Waals surface area contributed by atoms with E-state index in [9.17, 15) is 14.4 Å². The van der Waals surface area contributed by atoms with E-state index in [1.54, 1.807) is 11.9 Å². The van der Waals surface area contributed by atoms with Crippen LogP contribution < -0.4 is 16.1 Å². The number of ether oxygens (including phenoxy) is 1. The molecule has 0 atom stereocenters. The zero-order chi connectivity index (χ0) is 24.7. The van der Waals surface area contributed by atoms with Crippen molar-refractivity contribution in [1.29, 1.82) is 0 Å². The molecule has 0 N–H and O–H groups in total. The lowest BCUT2D eigenvalue weighted by Crippen LogP contribution is -2.44. The van der Waals surface area contributed by atoms with E-state index in [1.807, 2.05) is 18.2 Å². The molecule has 35 heavy (non-hydrogen) atoms. The average Bonchev–Trinajstić information content (AvgIpc) is 3.46. The molecule has 13 heteroatoms. The molecule has 5 rings (SSSR count). The lowest BCUT2D eigenvalue weighted by Gasteiger charge is -2.29. The fourth-order valence-electron chi connectivity index (χ4n) is 4.14. The van der Waals surface area contributed by atoms with Crippen molar-refractivity contribution in [2.45, 2.75) is 6.54 Å². The molecule has 0 aliphatic carbocycles. The van der Waals surface area contributed by atoms with Crippen molar-refractivity contribution >= 4 is 59.7 Å². The second kappa shape index (κ2) is 9.64. The Bertz CT molecular complexity index is 1530. The first-order valence-corrected chi connectivity index (χ1v) is 12.7. The first-order chi connectivity index (χ1) is 16.8. The fourth-order valence-corrected chi connectivity index (χ4v) is 5.70. The number of hydrogen-bond donors (Lipinski definition) is 0. The quantitative estimate of drug-likeness (QED) is 0.347. The number of rotatable bonds is 6. The molecule has 4 aromatic rings. The van der Waals surface area contributed by atoms with Gasteiger partial charge in [0.1, 0.15) is 6.54 Å². The van der Waals surface area contributed by atoms with Gasteiger partial charge >= 0.3 is 5.69 Å². The summed E-state index contributed by atoms with van der Waals surface area (Å²) >= 11 is 4.94. The largest absolute Gasteiger partial charge is 0.379 e. The van der Waals surface area contributed by atoms with E-state index < -0.39 is 11.2 Å². The first-order valence-electron chi connectivity index (χ1n) is 11.1. The Balaban J connectivity index is 1.48. The zero-order valence-electron chi connectivity index (χ0n) is 19.3. The summed E-state index contributed by atoms with van der Waals surface area (Å²) < 4.78 is 11.2. The molecule has 1 saturated heterocycles. The molecule has 1 fully saturated rings. The smallest absolute Gasteiger partial charge is 0.332 e. The Morgan fingerprint density at radius 2 is 1.97 bits per heavy atom. The van der Waals surface area contributed by atoms with Crippen LogP contribution in [0.5, 0.6) is 0 Å². The van der Waals surface area contributed by atoms with E-state index in [-0.39, 0.29) is 23.6 Å². The van der Waals surface area contributed by atoms with Crippen LogP contribution in [0.25, 0.3) is 21.4 Å². The molecular formula is C22H24BrN7O4S. The number of morpholine rings is 1. The summed E-state index contributed by atoms with van der Waals surface area (Å²) in [7, 11) is 2.97. The molecular weight excluding hydrogens is 538 g/mol. The molecule has 0 bridgehead atoms. The van der Waals surface area contributed by atoms with Gasteiger partial charge in [0.15, 0.2) is 16.3 Å². The number of imidazole rings is 1. The topological polar surface area (TPSA) is 107 Å². The van der Waals surface area contributed by atoms with Gasteiger partial charge in [-0.15, -0.1) is 0 Å². The predicted octanol–water partition coefficient (Wildman–Crippen LogP) is 1.17. The summed E-state index contributed by atoms with van der Waals surface area (Å²) in [5.74, 6) is -0.216. The van der Waals surface area contributed by atoms with Gasteiger partial charge in [0, 0.05) is 44.7 Å². The van der Waals surface area contributed by atoms with Gasteiger partial charge < -0.3 is 9.30 Å². The summed E-state index contributed by atoms with van der Waals surface area (Å²) in [6.07, 6.45) is 1.43. The van der Waals surface area contributed by atoms with Crippen molar-refractivity contribution in [1.82, 2.24) is 28.6 Å². The van der Waals surface area contributed by atoms with Crippen LogP contribution in [0, 0.1) is 0 Å². The third kappa shape index (κ3) is 4.56. The van der Waals surface area contributed by atoms with E-state index in [1.165, 1.54) is 33.8 Å². The molecule has 184 valence electrons. The highest BCUT2D eigenvalue weighted by molar-refractivity contribution is 9.10. The van der Waals surface area contributed by atoms with Crippen molar-refractivity contribution in [3.63, 3.8) is 0 Å². The monoisotopic (exact) mass is 561 g/mol. The van der Waals surface area contributed by atoms with Crippen LogP contribution in [0.3, 0.4) is 0 Å². The number of carbonyl (C=O) groups excluding carboxylic acids is 1. The van der Waals surface area contributed by atoms with Gasteiger partial charge in [0.2, 0.25) is 5.91 Å². The molecule has 0 saturated carbocycles. The highest BCUT2D eigenvalue weighted by atomic mass is 79.9. The van der Waals surface area contributed by atoms with E-state index in [0.717, 1.165) is 32.3 Å². The van der Waals surface area contributed by atoms with Crippen molar-refractivity contribution in [3.8, 4) is 0 Å². The Kier molecular flexibility index (Phi) is 6.57. The standard InChI is InChI=1S/C22H24BrN7O4S/c1-26-19-18(20(32)27(2)22(26)33)29(13-24-19)12-17(31)30(6-5-28-7-9-34-10-8-28)21-25-15-4-3-14(23)11-16(15)35-21/h3-4,11,13H,5-10,12H2,1-2H3. The highest BCUT2D eigenvalue weighted by Gasteiger charge is 2.24. The molecule has 0 unspecified atom stereocenters. The minimum absolute atomic E-state index is 0.104. The molecule has 11 nitrogen and oxygen atoms in total. The summed E-state index contributed by atoms with van der Waals surface area (Å²) in [6, 6.07) is 5.82. The van der Waals surface area contributed by atoms with Crippen LogP contribution in [-0.2, 0) is 30.2 Å². The molecule has 1 aliphatic heterocycles. The van der Waals surface area contributed by atoms with Crippen molar-refractivity contribution < 1.29 is 9.53 Å². The van der Waals surface area contributed by atoms with Gasteiger partial charge in [-0.25, -0.2) is 14.8 Å². The van der Waals surface area contributed by atoms with Gasteiger partial charge in [-0.1, -0.05) is 27.3 Å². The maximum absolute atomic E-state index is 13.6. The minimum Gasteiger partial charge on any atom is -0.379 e. The zero-order valence-corrected chi connectivity index (χ0v) is 21.7. The number of nitrogens with zero attached hydrogens (tertiary/aromatic N) is 7. The van der Waals surface area contributed by atoms with E-state index in [2.05, 4.69) is 25.8 Å². The molecule has 0 spiro atoms. The van der Waals surface area contributed by atoms with E-state index in [0.29, 0.717) is 31.4 Å². The number of benzene rings is 1. The number of halogens is 1. The van der Waals surface area contributed by atoms with Crippen molar-refractivity contribution in [3.05, 3.63) is 49.8 Å². The summed E-state index contributed by atoms with van der Waals surface area (Å²) in [5.41, 5.74) is 0.319. The molecule has 1 aromatic carbocycles. The third-order valence-corrected chi connectivity index (χ3v) is 7.67. The fraction of sp³-hybridized carbons (Fsp3) is 0.409. The number of anilines is 1. The number of hydrogen-bond acceptors (Lipinski definition) is 8. The maximum Gasteiger partial charge on any atom is 0.332 e. The summed E-state index contributed by atoms with van der Waals surface area (Å²) in [5, 5.41) is 0.598. The SMILES string of the molecule is Cn1c(=O)c2c(ncn2CC(=O)N(CCN2CCOCC2)c2nc3ccc(Br)cc3s2)n(C)c1=O. The number of thiazole rings is 1. The van der Waals surface area contributed by atoms with Crippen LogP contribution in [0.2, 0.25) is 0 Å². The number of aromatic nitrogens is 5. The second-order valence-corrected chi connectivity index (χ2v) is 10.3. The van der Waals surface area contributed by atoms with Crippen molar-refractivity contribution in [2.24, 2.45) is 14.1 Å². The normalized spacial score (nSPS) is 14.7. The van der Waals surface area contributed by atoms with Gasteiger partial charge in [-0.05, 0) is 18.2 Å². The van der Waals surface area contributed by atoms with Crippen LogP contribution >= 0.6 is 27.3 Å². The average molecular weight is 562 g/mol. The Labute approximate surface area is 212 Å². The molecule has 4 heterocycles. The Morgan fingerprint density at radius 1 is 1.20 bits per heavy atom. The number of fused-ring (bicyclic) bond motifs is 2. The van der Waals surface area contributed by atoms with Gasteiger partial charge in [0.25, 0.3) is 5.56 Å². The summed E-state index contributed by atoms with van der Waals surface area (Å²) in [6.45, 7) is 3.99. The van der Waals surface area contributed by atoms with Gasteiger partial charge in [0.05, 0.1) is 29.8 Å². The molecule has 3 aromatic heterocycles. The first kappa shape index (κ1) is 23.9. The number of carbonyl (C=O) groups is 1.